The molecule has 0 bridgehead atoms. The van der Waals surface area contributed by atoms with E-state index in [1.54, 1.807) is 6.07 Å². The molecule has 0 amide bonds. The molecule has 0 aliphatic rings. The number of nitrogens with zero attached hydrogens (tertiary/aromatic N) is 1. The van der Waals surface area contributed by atoms with Crippen LogP contribution in [0.4, 0.5) is 5.82 Å². The number of nitrogens with one attached hydrogen (secondary N) is 1. The Morgan fingerprint density at radius 2 is 2.16 bits per heavy atom. The lowest BCUT2D eigenvalue weighted by Crippen LogP contribution is -2.26. The zero-order valence-electron chi connectivity index (χ0n) is 9.84. The number of nitrogen functional groups attached to an aromatic ring is 1. The first-order chi connectivity index (χ1) is 8.97. The third-order valence-corrected chi connectivity index (χ3v) is 5.10. The van der Waals surface area contributed by atoms with Gasteiger partial charge in [0.15, 0.2) is 0 Å². The molecule has 19 heavy (non-hydrogen) atoms. The first-order valence-corrected chi connectivity index (χ1v) is 8.10. The van der Waals surface area contributed by atoms with E-state index < -0.39 is 10.0 Å². The Morgan fingerprint density at radius 1 is 1.37 bits per heavy atom. The Balaban J connectivity index is 1.98. The molecular weight excluding hydrogens is 306 g/mol. The van der Waals surface area contributed by atoms with Crippen LogP contribution in [-0.4, -0.2) is 19.9 Å². The molecule has 0 spiro atoms. The van der Waals surface area contributed by atoms with Gasteiger partial charge in [0, 0.05) is 23.7 Å². The van der Waals surface area contributed by atoms with Crippen molar-refractivity contribution in [3.8, 4) is 0 Å². The van der Waals surface area contributed by atoms with E-state index in [0.717, 1.165) is 4.88 Å². The molecule has 2 aromatic heterocycles. The van der Waals surface area contributed by atoms with Crippen molar-refractivity contribution >= 4 is 38.8 Å². The van der Waals surface area contributed by atoms with E-state index in [-0.39, 0.29) is 10.7 Å². The van der Waals surface area contributed by atoms with Crippen molar-refractivity contribution < 1.29 is 8.42 Å². The van der Waals surface area contributed by atoms with Gasteiger partial charge in [0.25, 0.3) is 0 Å². The second kappa shape index (κ2) is 5.87. The van der Waals surface area contributed by atoms with E-state index >= 15 is 0 Å². The van der Waals surface area contributed by atoms with Crippen LogP contribution in [0.25, 0.3) is 0 Å². The van der Waals surface area contributed by atoms with Crippen LogP contribution in [0, 0.1) is 0 Å². The molecule has 2 aromatic rings. The van der Waals surface area contributed by atoms with Crippen LogP contribution in [0.2, 0.25) is 4.34 Å². The van der Waals surface area contributed by atoms with Gasteiger partial charge in [0.2, 0.25) is 10.0 Å². The van der Waals surface area contributed by atoms with E-state index in [2.05, 4.69) is 9.71 Å². The van der Waals surface area contributed by atoms with E-state index in [0.29, 0.717) is 17.3 Å². The summed E-state index contributed by atoms with van der Waals surface area (Å²) >= 11 is 7.24. The van der Waals surface area contributed by atoms with Crippen LogP contribution in [0.3, 0.4) is 0 Å². The van der Waals surface area contributed by atoms with Crippen molar-refractivity contribution in [2.45, 2.75) is 11.3 Å². The summed E-state index contributed by atoms with van der Waals surface area (Å²) in [5.41, 5.74) is 5.46. The topological polar surface area (TPSA) is 85.1 Å². The van der Waals surface area contributed by atoms with Crippen molar-refractivity contribution in [1.82, 2.24) is 9.71 Å². The lowest BCUT2D eigenvalue weighted by molar-refractivity contribution is 0.581. The smallest absolute Gasteiger partial charge is 0.240 e. The second-order valence-electron chi connectivity index (χ2n) is 3.77. The molecule has 0 aliphatic heterocycles. The first kappa shape index (κ1) is 14.3. The molecule has 2 rings (SSSR count). The number of pyridine rings is 1. The van der Waals surface area contributed by atoms with Gasteiger partial charge in [-0.3, -0.25) is 0 Å². The number of nitrogens with two attached hydrogens (primary N) is 1. The van der Waals surface area contributed by atoms with Crippen LogP contribution in [0.1, 0.15) is 4.88 Å². The Kier molecular flexibility index (Phi) is 4.41. The highest BCUT2D eigenvalue weighted by molar-refractivity contribution is 7.89. The van der Waals surface area contributed by atoms with E-state index in [1.807, 2.05) is 6.07 Å². The highest BCUT2D eigenvalue weighted by atomic mass is 35.5. The minimum absolute atomic E-state index is 0.115. The van der Waals surface area contributed by atoms with E-state index in [9.17, 15) is 8.42 Å². The van der Waals surface area contributed by atoms with Crippen molar-refractivity contribution in [3.05, 3.63) is 39.7 Å². The molecule has 0 saturated heterocycles. The van der Waals surface area contributed by atoms with Crippen LogP contribution in [-0.2, 0) is 16.4 Å². The summed E-state index contributed by atoms with van der Waals surface area (Å²) in [6, 6.07) is 6.40. The molecule has 0 saturated carbocycles. The standard InChI is InChI=1S/C11H12ClN3O2S2/c12-10-2-1-8(18-10)3-6-15-19(16,17)9-4-5-14-11(13)7-9/h1-2,4-5,7,15H,3,6H2,(H2,13,14). The number of hydrogen-bond donors (Lipinski definition) is 2. The van der Waals surface area contributed by atoms with Gasteiger partial charge in [0.1, 0.15) is 5.82 Å². The Hall–Kier alpha value is -1.15. The summed E-state index contributed by atoms with van der Waals surface area (Å²) in [5, 5.41) is 0. The molecular formula is C11H12ClN3O2S2. The zero-order chi connectivity index (χ0) is 13.9. The average molecular weight is 318 g/mol. The third-order valence-electron chi connectivity index (χ3n) is 2.36. The maximum Gasteiger partial charge on any atom is 0.240 e. The molecule has 8 heteroatoms. The summed E-state index contributed by atoms with van der Waals surface area (Å²) in [6.45, 7) is 0.307. The zero-order valence-corrected chi connectivity index (χ0v) is 12.2. The summed E-state index contributed by atoms with van der Waals surface area (Å²) in [7, 11) is -3.54. The fourth-order valence-electron chi connectivity index (χ4n) is 1.47. The predicted octanol–water partition coefficient (Wildman–Crippen LogP) is 1.90. The van der Waals surface area contributed by atoms with Crippen molar-refractivity contribution in [2.75, 3.05) is 12.3 Å². The van der Waals surface area contributed by atoms with Gasteiger partial charge in [-0.1, -0.05) is 11.6 Å². The molecule has 0 aromatic carbocycles. The van der Waals surface area contributed by atoms with Crippen molar-refractivity contribution in [1.29, 1.82) is 0 Å². The number of thiophene rings is 1. The predicted molar refractivity (Wildman–Crippen MR) is 76.9 cm³/mol. The van der Waals surface area contributed by atoms with Gasteiger partial charge in [0.05, 0.1) is 9.23 Å². The Morgan fingerprint density at radius 3 is 2.79 bits per heavy atom. The van der Waals surface area contributed by atoms with Gasteiger partial charge < -0.3 is 5.73 Å². The number of halogens is 1. The van der Waals surface area contributed by atoms with E-state index in [1.165, 1.54) is 29.7 Å². The van der Waals surface area contributed by atoms with E-state index in [4.69, 9.17) is 17.3 Å². The van der Waals surface area contributed by atoms with Gasteiger partial charge >= 0.3 is 0 Å². The molecule has 2 heterocycles. The molecule has 0 fully saturated rings. The number of hydrogen-bond acceptors (Lipinski definition) is 5. The van der Waals surface area contributed by atoms with Crippen LogP contribution in [0.5, 0.6) is 0 Å². The largest absolute Gasteiger partial charge is 0.384 e. The highest BCUT2D eigenvalue weighted by Gasteiger charge is 2.13. The average Bonchev–Trinajstić information content (AvgIpc) is 2.75. The van der Waals surface area contributed by atoms with Crippen molar-refractivity contribution in [2.24, 2.45) is 0 Å². The van der Waals surface area contributed by atoms with Crippen molar-refractivity contribution in [3.63, 3.8) is 0 Å². The first-order valence-electron chi connectivity index (χ1n) is 5.43. The van der Waals surface area contributed by atoms with Gasteiger partial charge in [-0.15, -0.1) is 11.3 Å². The van der Waals surface area contributed by atoms with Crippen LogP contribution >= 0.6 is 22.9 Å². The Bertz CT molecular complexity index is 670. The highest BCUT2D eigenvalue weighted by Crippen LogP contribution is 2.21. The molecule has 0 aliphatic carbocycles. The molecule has 0 atom stereocenters. The third kappa shape index (κ3) is 3.90. The Labute approximate surface area is 120 Å². The summed E-state index contributed by atoms with van der Waals surface area (Å²) < 4.78 is 27.1. The molecule has 0 unspecified atom stereocenters. The SMILES string of the molecule is Nc1cc(S(=O)(=O)NCCc2ccc(Cl)s2)ccn1. The normalized spacial score (nSPS) is 11.6. The number of aromatic nitrogens is 1. The fraction of sp³-hybridized carbons (Fsp3) is 0.182. The van der Waals surface area contributed by atoms with Gasteiger partial charge in [-0.25, -0.2) is 18.1 Å². The monoisotopic (exact) mass is 317 g/mol. The maximum atomic E-state index is 12.0. The van der Waals surface area contributed by atoms with Crippen LogP contribution < -0.4 is 10.5 Å². The molecule has 102 valence electrons. The fourth-order valence-corrected chi connectivity index (χ4v) is 3.61. The minimum Gasteiger partial charge on any atom is -0.384 e. The minimum atomic E-state index is -3.54. The second-order valence-corrected chi connectivity index (χ2v) is 7.34. The number of rotatable bonds is 5. The summed E-state index contributed by atoms with van der Waals surface area (Å²) in [6.07, 6.45) is 1.96. The lowest BCUT2D eigenvalue weighted by Gasteiger charge is -2.06. The summed E-state index contributed by atoms with van der Waals surface area (Å²) in [4.78, 5) is 4.90. The molecule has 5 nitrogen and oxygen atoms in total. The van der Waals surface area contributed by atoms with Gasteiger partial charge in [-0.2, -0.15) is 0 Å². The number of sulfonamides is 1. The summed E-state index contributed by atoms with van der Waals surface area (Å²) in [5.74, 6) is 0.174. The van der Waals surface area contributed by atoms with Crippen LogP contribution in [0.15, 0.2) is 35.4 Å². The lowest BCUT2D eigenvalue weighted by atomic mass is 10.3. The van der Waals surface area contributed by atoms with Gasteiger partial charge in [-0.05, 0) is 24.6 Å². The quantitative estimate of drug-likeness (QED) is 0.882. The maximum absolute atomic E-state index is 12.0. The molecule has 0 radical (unpaired) electrons. The molecule has 3 N–H and O–H groups in total. The number of anilines is 1.